The van der Waals surface area contributed by atoms with E-state index in [1.807, 2.05) is 0 Å². The molecule has 0 saturated heterocycles. The SMILES string of the molecule is O=C(Nc1nncs1)[C@H]1CCCC[C@H]1C(=O)[O-]. The van der Waals surface area contributed by atoms with Crippen LogP contribution in [0, 0.1) is 11.8 Å². The average molecular weight is 254 g/mol. The van der Waals surface area contributed by atoms with Gasteiger partial charge in [0.25, 0.3) is 0 Å². The Labute approximate surface area is 102 Å². The summed E-state index contributed by atoms with van der Waals surface area (Å²) < 4.78 is 0. The van der Waals surface area contributed by atoms with Crippen LogP contribution in [0.15, 0.2) is 5.51 Å². The van der Waals surface area contributed by atoms with Gasteiger partial charge in [0.15, 0.2) is 0 Å². The van der Waals surface area contributed by atoms with E-state index in [4.69, 9.17) is 0 Å². The van der Waals surface area contributed by atoms with E-state index >= 15 is 0 Å². The van der Waals surface area contributed by atoms with Crippen molar-refractivity contribution in [3.05, 3.63) is 5.51 Å². The van der Waals surface area contributed by atoms with Gasteiger partial charge in [0.1, 0.15) is 5.51 Å². The van der Waals surface area contributed by atoms with Crippen LogP contribution in [0.3, 0.4) is 0 Å². The second-order valence-electron chi connectivity index (χ2n) is 4.05. The van der Waals surface area contributed by atoms with Crippen LogP contribution in [-0.2, 0) is 9.59 Å². The predicted molar refractivity (Wildman–Crippen MR) is 59.0 cm³/mol. The second-order valence-corrected chi connectivity index (χ2v) is 4.88. The second kappa shape index (κ2) is 5.22. The first-order chi connectivity index (χ1) is 8.18. The van der Waals surface area contributed by atoms with Gasteiger partial charge in [0, 0.05) is 17.8 Å². The van der Waals surface area contributed by atoms with Gasteiger partial charge in [0.05, 0.1) is 0 Å². The molecule has 92 valence electrons. The lowest BCUT2D eigenvalue weighted by atomic mass is 9.79. The Kier molecular flexibility index (Phi) is 3.68. The average Bonchev–Trinajstić information content (AvgIpc) is 2.81. The fourth-order valence-electron chi connectivity index (χ4n) is 2.15. The Balaban J connectivity index is 2.03. The number of carboxylic acid groups (broad SMARTS) is 1. The maximum atomic E-state index is 11.9. The lowest BCUT2D eigenvalue weighted by Gasteiger charge is -2.30. The van der Waals surface area contributed by atoms with E-state index in [-0.39, 0.29) is 5.91 Å². The molecule has 1 aliphatic rings. The molecule has 7 heteroatoms. The topological polar surface area (TPSA) is 95.0 Å². The van der Waals surface area contributed by atoms with E-state index < -0.39 is 17.8 Å². The zero-order valence-corrected chi connectivity index (χ0v) is 9.90. The van der Waals surface area contributed by atoms with Crippen molar-refractivity contribution in [3.8, 4) is 0 Å². The maximum Gasteiger partial charge on any atom is 0.229 e. The van der Waals surface area contributed by atoms with Gasteiger partial charge in [-0.2, -0.15) is 0 Å². The minimum Gasteiger partial charge on any atom is -0.550 e. The predicted octanol–water partition coefficient (Wildman–Crippen LogP) is 0.0329. The normalized spacial score (nSPS) is 24.2. The number of carboxylic acids is 1. The lowest BCUT2D eigenvalue weighted by molar-refractivity contribution is -0.313. The Hall–Kier alpha value is -1.50. The van der Waals surface area contributed by atoms with E-state index in [1.54, 1.807) is 0 Å². The first-order valence-corrected chi connectivity index (χ1v) is 6.34. The van der Waals surface area contributed by atoms with Gasteiger partial charge in [0.2, 0.25) is 11.0 Å². The highest BCUT2D eigenvalue weighted by Crippen LogP contribution is 2.30. The van der Waals surface area contributed by atoms with Gasteiger partial charge in [-0.1, -0.05) is 24.2 Å². The third-order valence-corrected chi connectivity index (χ3v) is 3.60. The zero-order chi connectivity index (χ0) is 12.3. The Bertz CT molecular complexity index is 407. The molecule has 1 amide bonds. The quantitative estimate of drug-likeness (QED) is 0.821. The number of nitrogens with one attached hydrogen (secondary N) is 1. The molecule has 2 atom stereocenters. The minimum absolute atomic E-state index is 0.296. The highest BCUT2D eigenvalue weighted by molar-refractivity contribution is 7.13. The third-order valence-electron chi connectivity index (χ3n) is 3.00. The fraction of sp³-hybridized carbons (Fsp3) is 0.600. The van der Waals surface area contributed by atoms with Crippen LogP contribution in [0.5, 0.6) is 0 Å². The van der Waals surface area contributed by atoms with Crippen LogP contribution in [-0.4, -0.2) is 22.1 Å². The summed E-state index contributed by atoms with van der Waals surface area (Å²) in [5.74, 6) is -2.63. The number of aromatic nitrogens is 2. The van der Waals surface area contributed by atoms with Gasteiger partial charge < -0.3 is 15.2 Å². The monoisotopic (exact) mass is 254 g/mol. The molecule has 1 aromatic rings. The van der Waals surface area contributed by atoms with Crippen LogP contribution >= 0.6 is 11.3 Å². The molecule has 1 saturated carbocycles. The molecule has 1 aliphatic carbocycles. The number of hydrogen-bond acceptors (Lipinski definition) is 6. The van der Waals surface area contributed by atoms with E-state index in [1.165, 1.54) is 16.8 Å². The van der Waals surface area contributed by atoms with Gasteiger partial charge in [-0.15, -0.1) is 10.2 Å². The lowest BCUT2D eigenvalue weighted by Crippen LogP contribution is -2.42. The summed E-state index contributed by atoms with van der Waals surface area (Å²) in [4.78, 5) is 22.9. The van der Waals surface area contributed by atoms with Crippen molar-refractivity contribution in [2.45, 2.75) is 25.7 Å². The van der Waals surface area contributed by atoms with Gasteiger partial charge in [-0.05, 0) is 12.8 Å². The van der Waals surface area contributed by atoms with Crippen molar-refractivity contribution in [3.63, 3.8) is 0 Å². The van der Waals surface area contributed by atoms with Crippen molar-refractivity contribution in [2.75, 3.05) is 5.32 Å². The summed E-state index contributed by atoms with van der Waals surface area (Å²) in [5, 5.41) is 21.2. The van der Waals surface area contributed by atoms with Gasteiger partial charge in [-0.3, -0.25) is 4.79 Å². The summed E-state index contributed by atoms with van der Waals surface area (Å²) >= 11 is 1.21. The Morgan fingerprint density at radius 3 is 2.65 bits per heavy atom. The van der Waals surface area contributed by atoms with E-state index in [9.17, 15) is 14.7 Å². The molecule has 0 radical (unpaired) electrons. The summed E-state index contributed by atoms with van der Waals surface area (Å²) in [7, 11) is 0. The van der Waals surface area contributed by atoms with Crippen LogP contribution < -0.4 is 10.4 Å². The molecule has 0 aliphatic heterocycles. The zero-order valence-electron chi connectivity index (χ0n) is 9.09. The highest BCUT2D eigenvalue weighted by Gasteiger charge is 2.32. The molecule has 0 bridgehead atoms. The molecule has 0 unspecified atom stereocenters. The molecule has 0 spiro atoms. The number of aliphatic carboxylic acids is 1. The Morgan fingerprint density at radius 1 is 1.35 bits per heavy atom. The van der Waals surface area contributed by atoms with Crippen LogP contribution in [0.25, 0.3) is 0 Å². The van der Waals surface area contributed by atoms with Crippen molar-refractivity contribution in [1.29, 1.82) is 0 Å². The number of rotatable bonds is 3. The standard InChI is InChI=1S/C10H13N3O3S/c14-8(12-10-13-11-5-17-10)6-3-1-2-4-7(6)9(15)16/h5-7H,1-4H2,(H,15,16)(H,12,13,14)/p-1/t6-,7+/m0/s1. The van der Waals surface area contributed by atoms with E-state index in [2.05, 4.69) is 15.5 Å². The van der Waals surface area contributed by atoms with Crippen LogP contribution in [0.2, 0.25) is 0 Å². The van der Waals surface area contributed by atoms with Crippen molar-refractivity contribution in [1.82, 2.24) is 10.2 Å². The minimum atomic E-state index is -1.14. The molecular formula is C10H12N3O3S-. The van der Waals surface area contributed by atoms with E-state index in [0.29, 0.717) is 18.0 Å². The first kappa shape index (κ1) is 12.0. The number of nitrogens with zero attached hydrogens (tertiary/aromatic N) is 2. The largest absolute Gasteiger partial charge is 0.550 e. The van der Waals surface area contributed by atoms with E-state index in [0.717, 1.165) is 12.8 Å². The van der Waals surface area contributed by atoms with Gasteiger partial charge in [-0.25, -0.2) is 0 Å². The summed E-state index contributed by atoms with van der Waals surface area (Å²) in [6.07, 6.45) is 2.80. The molecule has 1 aromatic heterocycles. The molecular weight excluding hydrogens is 242 g/mol. The molecule has 1 N–H and O–H groups in total. The molecule has 6 nitrogen and oxygen atoms in total. The number of amides is 1. The summed E-state index contributed by atoms with van der Waals surface area (Å²) in [5.41, 5.74) is 1.51. The van der Waals surface area contributed by atoms with Crippen molar-refractivity contribution < 1.29 is 14.7 Å². The molecule has 1 fully saturated rings. The number of carbonyl (C=O) groups excluding carboxylic acids is 2. The summed E-state index contributed by atoms with van der Waals surface area (Å²) in [6.45, 7) is 0. The summed E-state index contributed by atoms with van der Waals surface area (Å²) in [6, 6.07) is 0. The smallest absolute Gasteiger partial charge is 0.229 e. The van der Waals surface area contributed by atoms with Crippen molar-refractivity contribution in [2.24, 2.45) is 11.8 Å². The highest BCUT2D eigenvalue weighted by atomic mass is 32.1. The molecule has 17 heavy (non-hydrogen) atoms. The Morgan fingerprint density at radius 2 is 2.06 bits per heavy atom. The number of carbonyl (C=O) groups is 2. The maximum absolute atomic E-state index is 11.9. The van der Waals surface area contributed by atoms with Crippen LogP contribution in [0.1, 0.15) is 25.7 Å². The number of hydrogen-bond donors (Lipinski definition) is 1. The van der Waals surface area contributed by atoms with Crippen molar-refractivity contribution >= 4 is 28.3 Å². The van der Waals surface area contributed by atoms with Crippen LogP contribution in [0.4, 0.5) is 5.13 Å². The fourth-order valence-corrected chi connectivity index (χ4v) is 2.60. The third kappa shape index (κ3) is 2.79. The number of anilines is 1. The first-order valence-electron chi connectivity index (χ1n) is 5.46. The molecule has 1 heterocycles. The van der Waals surface area contributed by atoms with Gasteiger partial charge >= 0.3 is 0 Å². The molecule has 0 aromatic carbocycles. The molecule has 2 rings (SSSR count).